The van der Waals surface area contributed by atoms with E-state index in [0.29, 0.717) is 12.1 Å². The van der Waals surface area contributed by atoms with Crippen molar-refractivity contribution in [2.75, 3.05) is 13.1 Å². The van der Waals surface area contributed by atoms with E-state index in [-0.39, 0.29) is 0 Å². The number of halogens is 2. The lowest BCUT2D eigenvalue weighted by molar-refractivity contribution is 0.291. The van der Waals surface area contributed by atoms with Crippen molar-refractivity contribution in [3.05, 3.63) is 35.4 Å². The van der Waals surface area contributed by atoms with Gasteiger partial charge in [-0.1, -0.05) is 19.9 Å². The fraction of sp³-hybridized carbons (Fsp3) is 0.455. The van der Waals surface area contributed by atoms with Crippen LogP contribution in [-0.4, -0.2) is 18.0 Å². The normalized spacial score (nSPS) is 10.9. The minimum absolute atomic E-state index is 0.461. The third-order valence-electron chi connectivity index (χ3n) is 2.30. The molecule has 1 nitrogen and oxygen atoms in total. The van der Waals surface area contributed by atoms with Gasteiger partial charge in [0.25, 0.3) is 0 Å². The Morgan fingerprint density at radius 2 is 1.79 bits per heavy atom. The van der Waals surface area contributed by atoms with Crippen LogP contribution < -0.4 is 0 Å². The quantitative estimate of drug-likeness (QED) is 0.720. The lowest BCUT2D eigenvalue weighted by Gasteiger charge is -2.18. The summed E-state index contributed by atoms with van der Waals surface area (Å²) < 4.78 is 25.8. The van der Waals surface area contributed by atoms with Gasteiger partial charge in [-0.15, -0.1) is 0 Å². The number of hydrogen-bond donors (Lipinski definition) is 0. The van der Waals surface area contributed by atoms with Crippen molar-refractivity contribution in [1.29, 1.82) is 0 Å². The zero-order valence-corrected chi connectivity index (χ0v) is 8.56. The van der Waals surface area contributed by atoms with Crippen molar-refractivity contribution in [1.82, 2.24) is 4.90 Å². The highest BCUT2D eigenvalue weighted by Crippen LogP contribution is 2.11. The maximum absolute atomic E-state index is 13.2. The number of rotatable bonds is 4. The van der Waals surface area contributed by atoms with Crippen LogP contribution in [0.15, 0.2) is 18.2 Å². The molecule has 1 rings (SSSR count). The Bertz CT molecular complexity index is 295. The summed E-state index contributed by atoms with van der Waals surface area (Å²) >= 11 is 0. The highest BCUT2D eigenvalue weighted by atomic mass is 19.1. The Kier molecular flexibility index (Phi) is 4.01. The zero-order chi connectivity index (χ0) is 10.6. The van der Waals surface area contributed by atoms with Gasteiger partial charge < -0.3 is 0 Å². The van der Waals surface area contributed by atoms with Crippen LogP contribution >= 0.6 is 0 Å². The minimum Gasteiger partial charge on any atom is -0.300 e. The first kappa shape index (κ1) is 11.1. The Morgan fingerprint density at radius 1 is 1.14 bits per heavy atom. The molecule has 78 valence electrons. The van der Waals surface area contributed by atoms with E-state index in [1.165, 1.54) is 12.1 Å². The molecule has 0 amide bonds. The standard InChI is InChI=1S/C11H15F2N/c1-3-14(4-2)8-9-5-6-10(12)7-11(9)13/h5-7H,3-4,8H2,1-2H3. The van der Waals surface area contributed by atoms with Gasteiger partial charge in [0.2, 0.25) is 0 Å². The van der Waals surface area contributed by atoms with E-state index in [1.54, 1.807) is 0 Å². The van der Waals surface area contributed by atoms with E-state index >= 15 is 0 Å². The summed E-state index contributed by atoms with van der Waals surface area (Å²) in [6.07, 6.45) is 0. The molecule has 0 fully saturated rings. The molecule has 1 aromatic rings. The summed E-state index contributed by atoms with van der Waals surface area (Å²) in [4.78, 5) is 2.08. The average molecular weight is 199 g/mol. The highest BCUT2D eigenvalue weighted by molar-refractivity contribution is 5.18. The first-order valence-corrected chi connectivity index (χ1v) is 4.83. The Morgan fingerprint density at radius 3 is 2.29 bits per heavy atom. The fourth-order valence-corrected chi connectivity index (χ4v) is 1.34. The molecule has 0 saturated heterocycles. The Labute approximate surface area is 83.3 Å². The number of benzene rings is 1. The maximum Gasteiger partial charge on any atom is 0.130 e. The molecule has 0 aromatic heterocycles. The van der Waals surface area contributed by atoms with E-state index < -0.39 is 11.6 Å². The Balaban J connectivity index is 2.76. The summed E-state index contributed by atoms with van der Waals surface area (Å²) in [5, 5.41) is 0. The van der Waals surface area contributed by atoms with Gasteiger partial charge in [-0.3, -0.25) is 4.90 Å². The second-order valence-corrected chi connectivity index (χ2v) is 3.20. The van der Waals surface area contributed by atoms with Crippen LogP contribution in [-0.2, 0) is 6.54 Å². The fourth-order valence-electron chi connectivity index (χ4n) is 1.34. The molecule has 0 unspecified atom stereocenters. The third kappa shape index (κ3) is 2.77. The third-order valence-corrected chi connectivity index (χ3v) is 2.30. The molecular formula is C11H15F2N. The molecule has 0 aliphatic carbocycles. The van der Waals surface area contributed by atoms with Crippen LogP contribution in [0.25, 0.3) is 0 Å². The summed E-state index contributed by atoms with van der Waals surface area (Å²) in [7, 11) is 0. The van der Waals surface area contributed by atoms with Crippen LogP contribution in [0, 0.1) is 11.6 Å². The molecule has 0 spiro atoms. The first-order chi connectivity index (χ1) is 6.67. The van der Waals surface area contributed by atoms with E-state index in [1.807, 2.05) is 13.8 Å². The van der Waals surface area contributed by atoms with Crippen LogP contribution in [0.2, 0.25) is 0 Å². The molecule has 0 radical (unpaired) electrons. The predicted octanol–water partition coefficient (Wildman–Crippen LogP) is 2.81. The van der Waals surface area contributed by atoms with Gasteiger partial charge in [-0.25, -0.2) is 8.78 Å². The van der Waals surface area contributed by atoms with Gasteiger partial charge in [0.15, 0.2) is 0 Å². The molecule has 0 saturated carbocycles. The average Bonchev–Trinajstić information content (AvgIpc) is 2.17. The molecule has 3 heteroatoms. The maximum atomic E-state index is 13.2. The lowest BCUT2D eigenvalue weighted by atomic mass is 10.2. The molecule has 0 aliphatic rings. The Hall–Kier alpha value is -0.960. The van der Waals surface area contributed by atoms with Crippen molar-refractivity contribution in [2.45, 2.75) is 20.4 Å². The molecular weight excluding hydrogens is 184 g/mol. The highest BCUT2D eigenvalue weighted by Gasteiger charge is 2.06. The monoisotopic (exact) mass is 199 g/mol. The molecule has 0 bridgehead atoms. The van der Waals surface area contributed by atoms with Gasteiger partial charge in [0, 0.05) is 18.2 Å². The van der Waals surface area contributed by atoms with Crippen molar-refractivity contribution >= 4 is 0 Å². The molecule has 1 aromatic carbocycles. The number of nitrogens with zero attached hydrogens (tertiary/aromatic N) is 1. The van der Waals surface area contributed by atoms with Gasteiger partial charge in [0.1, 0.15) is 11.6 Å². The first-order valence-electron chi connectivity index (χ1n) is 4.83. The predicted molar refractivity (Wildman–Crippen MR) is 53.0 cm³/mol. The van der Waals surface area contributed by atoms with Crippen molar-refractivity contribution in [3.8, 4) is 0 Å². The SMILES string of the molecule is CCN(CC)Cc1ccc(F)cc1F. The second kappa shape index (κ2) is 5.05. The zero-order valence-electron chi connectivity index (χ0n) is 8.56. The van der Waals surface area contributed by atoms with Crippen LogP contribution in [0.4, 0.5) is 8.78 Å². The molecule has 0 atom stereocenters. The summed E-state index contributed by atoms with van der Waals surface area (Å²) in [6, 6.07) is 3.73. The van der Waals surface area contributed by atoms with E-state index in [0.717, 1.165) is 19.2 Å². The van der Waals surface area contributed by atoms with Crippen LogP contribution in [0.1, 0.15) is 19.4 Å². The molecule has 0 heterocycles. The van der Waals surface area contributed by atoms with Crippen LogP contribution in [0.5, 0.6) is 0 Å². The van der Waals surface area contributed by atoms with Gasteiger partial charge in [0.05, 0.1) is 0 Å². The minimum atomic E-state index is -0.522. The summed E-state index contributed by atoms with van der Waals surface area (Å²) in [5.74, 6) is -0.984. The van der Waals surface area contributed by atoms with E-state index in [4.69, 9.17) is 0 Å². The van der Waals surface area contributed by atoms with Gasteiger partial charge in [-0.2, -0.15) is 0 Å². The second-order valence-electron chi connectivity index (χ2n) is 3.20. The lowest BCUT2D eigenvalue weighted by Crippen LogP contribution is -2.22. The molecule has 14 heavy (non-hydrogen) atoms. The molecule has 0 N–H and O–H groups in total. The topological polar surface area (TPSA) is 3.24 Å². The van der Waals surface area contributed by atoms with Gasteiger partial charge >= 0.3 is 0 Å². The largest absolute Gasteiger partial charge is 0.300 e. The number of hydrogen-bond acceptors (Lipinski definition) is 1. The molecule has 0 aliphatic heterocycles. The van der Waals surface area contributed by atoms with Crippen LogP contribution in [0.3, 0.4) is 0 Å². The van der Waals surface area contributed by atoms with Crippen molar-refractivity contribution in [2.24, 2.45) is 0 Å². The summed E-state index contributed by atoms with van der Waals surface area (Å²) in [5.41, 5.74) is 0.551. The van der Waals surface area contributed by atoms with Crippen molar-refractivity contribution < 1.29 is 8.78 Å². The summed E-state index contributed by atoms with van der Waals surface area (Å²) in [6.45, 7) is 6.32. The van der Waals surface area contributed by atoms with Crippen molar-refractivity contribution in [3.63, 3.8) is 0 Å². The van der Waals surface area contributed by atoms with E-state index in [9.17, 15) is 8.78 Å². The van der Waals surface area contributed by atoms with Gasteiger partial charge in [-0.05, 0) is 19.2 Å². The smallest absolute Gasteiger partial charge is 0.130 e. The van der Waals surface area contributed by atoms with E-state index in [2.05, 4.69) is 4.90 Å².